The smallest absolute Gasteiger partial charge is 0.323 e. The van der Waals surface area contributed by atoms with E-state index in [-0.39, 0.29) is 18.9 Å². The first-order valence-electron chi connectivity index (χ1n) is 8.87. The van der Waals surface area contributed by atoms with Crippen molar-refractivity contribution in [2.24, 2.45) is 0 Å². The Balaban J connectivity index is 4.16. The molecule has 0 aliphatic rings. The van der Waals surface area contributed by atoms with Gasteiger partial charge in [0.1, 0.15) is 12.0 Å². The number of esters is 2. The molecule has 142 valence electrons. The highest BCUT2D eigenvalue weighted by molar-refractivity contribution is 6.36. The van der Waals surface area contributed by atoms with E-state index in [0.29, 0.717) is 26.4 Å². The fourth-order valence-corrected chi connectivity index (χ4v) is 3.84. The third-order valence-electron chi connectivity index (χ3n) is 3.21. The normalized spacial score (nSPS) is 12.7. The Hall–Kier alpha value is -0.963. The Kier molecular flexibility index (Phi) is 14.9. The molecule has 0 spiro atoms. The molecule has 0 aliphatic heterocycles. The Morgan fingerprint density at radius 2 is 1.58 bits per heavy atom. The first-order chi connectivity index (χ1) is 11.6. The minimum absolute atomic E-state index is 0.00931. The lowest BCUT2D eigenvalue weighted by Crippen LogP contribution is -2.40. The summed E-state index contributed by atoms with van der Waals surface area (Å²) in [5.74, 6) is -0.852. The van der Waals surface area contributed by atoms with Crippen LogP contribution < -0.4 is 5.32 Å². The van der Waals surface area contributed by atoms with E-state index in [9.17, 15) is 9.59 Å². The van der Waals surface area contributed by atoms with Crippen LogP contribution in [0.1, 0.15) is 40.5 Å². The summed E-state index contributed by atoms with van der Waals surface area (Å²) in [5.41, 5.74) is 0. The Morgan fingerprint density at radius 1 is 0.958 bits per heavy atom. The second-order valence-electron chi connectivity index (χ2n) is 5.10. The number of ether oxygens (including phenoxy) is 4. The second-order valence-corrected chi connectivity index (χ2v) is 7.06. The zero-order chi connectivity index (χ0) is 18.2. The summed E-state index contributed by atoms with van der Waals surface area (Å²) in [6.07, 6.45) is 0.895. The summed E-state index contributed by atoms with van der Waals surface area (Å²) in [7, 11) is -0.493. The van der Waals surface area contributed by atoms with Gasteiger partial charge in [0.25, 0.3) is 0 Å². The Morgan fingerprint density at radius 3 is 2.12 bits per heavy atom. The SMILES string of the molecule is CCOC(=O)CC(NCCC[SiH2]C(OCC)OCC)C(=O)OCC. The number of hydrogen-bond acceptors (Lipinski definition) is 7. The van der Waals surface area contributed by atoms with Crippen LogP contribution in [0.5, 0.6) is 0 Å². The molecule has 0 bridgehead atoms. The van der Waals surface area contributed by atoms with Crippen molar-refractivity contribution in [1.29, 1.82) is 0 Å². The Labute approximate surface area is 147 Å². The van der Waals surface area contributed by atoms with Crippen molar-refractivity contribution in [2.45, 2.75) is 58.5 Å². The van der Waals surface area contributed by atoms with Crippen molar-refractivity contribution in [3.8, 4) is 0 Å². The minimum atomic E-state index is -0.653. The van der Waals surface area contributed by atoms with Crippen LogP contribution in [0.3, 0.4) is 0 Å². The van der Waals surface area contributed by atoms with Crippen LogP contribution >= 0.6 is 0 Å². The lowest BCUT2D eigenvalue weighted by molar-refractivity contribution is -0.152. The molecule has 1 N–H and O–H groups in total. The molecule has 1 unspecified atom stereocenters. The number of hydrogen-bond donors (Lipinski definition) is 1. The van der Waals surface area contributed by atoms with Gasteiger partial charge in [-0.05, 0) is 40.7 Å². The quantitative estimate of drug-likeness (QED) is 0.199. The molecule has 24 heavy (non-hydrogen) atoms. The monoisotopic (exact) mass is 363 g/mol. The van der Waals surface area contributed by atoms with Gasteiger partial charge in [0, 0.05) is 13.2 Å². The molecule has 0 saturated carbocycles. The molecule has 0 aromatic carbocycles. The van der Waals surface area contributed by atoms with Crippen molar-refractivity contribution < 1.29 is 28.5 Å². The molecule has 7 nitrogen and oxygen atoms in total. The molecule has 8 heteroatoms. The maximum absolute atomic E-state index is 11.9. The fraction of sp³-hybridized carbons (Fsp3) is 0.875. The maximum atomic E-state index is 11.9. The highest BCUT2D eigenvalue weighted by Gasteiger charge is 2.23. The van der Waals surface area contributed by atoms with Gasteiger partial charge in [0.05, 0.1) is 29.2 Å². The van der Waals surface area contributed by atoms with Crippen LogP contribution in [0.15, 0.2) is 0 Å². The highest BCUT2D eigenvalue weighted by Crippen LogP contribution is 2.02. The summed E-state index contributed by atoms with van der Waals surface area (Å²) in [6.45, 7) is 9.94. The summed E-state index contributed by atoms with van der Waals surface area (Å²) in [4.78, 5) is 23.5. The van der Waals surface area contributed by atoms with Crippen LogP contribution in [0.4, 0.5) is 0 Å². The van der Waals surface area contributed by atoms with E-state index >= 15 is 0 Å². The van der Waals surface area contributed by atoms with Gasteiger partial charge in [0.15, 0.2) is 0 Å². The summed E-state index contributed by atoms with van der Waals surface area (Å²) >= 11 is 0. The molecular formula is C16H33NO6Si. The van der Waals surface area contributed by atoms with E-state index < -0.39 is 27.5 Å². The van der Waals surface area contributed by atoms with Crippen molar-refractivity contribution in [2.75, 3.05) is 33.0 Å². The number of carbonyl (C=O) groups is 2. The molecule has 0 amide bonds. The van der Waals surface area contributed by atoms with E-state index in [4.69, 9.17) is 18.9 Å². The molecule has 0 aromatic rings. The third kappa shape index (κ3) is 11.6. The van der Waals surface area contributed by atoms with Crippen molar-refractivity contribution in [1.82, 2.24) is 5.32 Å². The van der Waals surface area contributed by atoms with Gasteiger partial charge in [-0.2, -0.15) is 0 Å². The predicted octanol–water partition coefficient (Wildman–Crippen LogP) is 0.795. The van der Waals surface area contributed by atoms with Crippen LogP contribution in [-0.4, -0.2) is 66.4 Å². The van der Waals surface area contributed by atoms with Crippen molar-refractivity contribution in [3.05, 3.63) is 0 Å². The van der Waals surface area contributed by atoms with Crippen LogP contribution in [0.25, 0.3) is 0 Å². The summed E-state index contributed by atoms with van der Waals surface area (Å²) in [6, 6.07) is 0.382. The molecule has 0 radical (unpaired) electrons. The molecule has 0 aliphatic carbocycles. The van der Waals surface area contributed by atoms with E-state index in [1.807, 2.05) is 13.8 Å². The van der Waals surface area contributed by atoms with Gasteiger partial charge in [-0.25, -0.2) is 0 Å². The van der Waals surface area contributed by atoms with Gasteiger partial charge in [-0.3, -0.25) is 9.59 Å². The fourth-order valence-electron chi connectivity index (χ4n) is 2.17. The minimum Gasteiger partial charge on any atom is -0.466 e. The van der Waals surface area contributed by atoms with Crippen LogP contribution in [0.2, 0.25) is 6.04 Å². The average Bonchev–Trinajstić information content (AvgIpc) is 2.54. The standard InChI is InChI=1S/C16H33NO6Si/c1-5-20-14(18)12-13(15(19)21-6-2)17-10-9-11-24-16(22-7-3)23-8-4/h13,16-17H,5-12,24H2,1-4H3. The summed E-state index contributed by atoms with van der Waals surface area (Å²) in [5, 5.41) is 3.10. The average molecular weight is 364 g/mol. The van der Waals surface area contributed by atoms with E-state index in [1.165, 1.54) is 0 Å². The maximum Gasteiger partial charge on any atom is 0.323 e. The Bertz CT molecular complexity index is 337. The van der Waals surface area contributed by atoms with E-state index in [1.54, 1.807) is 13.8 Å². The molecule has 0 heterocycles. The molecule has 0 rings (SSSR count). The zero-order valence-electron chi connectivity index (χ0n) is 15.5. The van der Waals surface area contributed by atoms with Gasteiger partial charge < -0.3 is 24.3 Å². The second kappa shape index (κ2) is 15.6. The third-order valence-corrected chi connectivity index (χ3v) is 5.06. The van der Waals surface area contributed by atoms with E-state index in [0.717, 1.165) is 12.5 Å². The molecular weight excluding hydrogens is 330 g/mol. The van der Waals surface area contributed by atoms with Gasteiger partial charge in [-0.15, -0.1) is 0 Å². The zero-order valence-corrected chi connectivity index (χ0v) is 16.9. The lowest BCUT2D eigenvalue weighted by atomic mass is 10.2. The van der Waals surface area contributed by atoms with Crippen LogP contribution in [0, 0.1) is 0 Å². The first-order valence-corrected chi connectivity index (χ1v) is 10.7. The van der Waals surface area contributed by atoms with Gasteiger partial charge in [-0.1, -0.05) is 6.04 Å². The van der Waals surface area contributed by atoms with Gasteiger partial charge in [0.2, 0.25) is 0 Å². The van der Waals surface area contributed by atoms with Crippen molar-refractivity contribution >= 4 is 21.5 Å². The highest BCUT2D eigenvalue weighted by atomic mass is 28.2. The molecule has 0 saturated heterocycles. The number of carbonyl (C=O) groups excluding carboxylic acids is 2. The predicted molar refractivity (Wildman–Crippen MR) is 94.7 cm³/mol. The number of nitrogens with one attached hydrogen (secondary N) is 1. The summed E-state index contributed by atoms with van der Waals surface area (Å²) < 4.78 is 21.0. The largest absolute Gasteiger partial charge is 0.466 e. The number of rotatable bonds is 15. The van der Waals surface area contributed by atoms with Crippen molar-refractivity contribution in [3.63, 3.8) is 0 Å². The van der Waals surface area contributed by atoms with Gasteiger partial charge >= 0.3 is 11.9 Å². The first kappa shape index (κ1) is 23.0. The topological polar surface area (TPSA) is 83.1 Å². The lowest BCUT2D eigenvalue weighted by Gasteiger charge is -2.18. The molecule has 1 atom stereocenters. The molecule has 0 aromatic heterocycles. The van der Waals surface area contributed by atoms with Crippen LogP contribution in [-0.2, 0) is 28.5 Å². The van der Waals surface area contributed by atoms with E-state index in [2.05, 4.69) is 5.32 Å². The molecule has 0 fully saturated rings.